The van der Waals surface area contributed by atoms with Crippen molar-refractivity contribution in [1.29, 1.82) is 0 Å². The van der Waals surface area contributed by atoms with E-state index in [0.29, 0.717) is 6.61 Å². The molecule has 0 aliphatic carbocycles. The summed E-state index contributed by atoms with van der Waals surface area (Å²) in [6, 6.07) is 14.7. The van der Waals surface area contributed by atoms with Crippen LogP contribution in [-0.4, -0.2) is 18.9 Å². The van der Waals surface area contributed by atoms with Crippen molar-refractivity contribution in [2.75, 3.05) is 11.9 Å². The number of aryl methyl sites for hydroxylation is 1. The van der Waals surface area contributed by atoms with Crippen LogP contribution in [0.25, 0.3) is 0 Å². The van der Waals surface area contributed by atoms with Crippen LogP contribution in [0.2, 0.25) is 0 Å². The summed E-state index contributed by atoms with van der Waals surface area (Å²) in [7, 11) is 0. The quantitative estimate of drug-likeness (QED) is 0.627. The van der Waals surface area contributed by atoms with E-state index in [0.717, 1.165) is 29.0 Å². The molecule has 0 saturated carbocycles. The number of nitrogens with zero attached hydrogens (tertiary/aromatic N) is 1. The minimum absolute atomic E-state index is 0.387. The lowest BCUT2D eigenvalue weighted by Crippen LogP contribution is -2.24. The summed E-state index contributed by atoms with van der Waals surface area (Å²) in [6.07, 6.45) is 2.50. The Hall–Kier alpha value is -2.82. The zero-order chi connectivity index (χ0) is 16.5. The lowest BCUT2D eigenvalue weighted by atomic mass is 10.2. The summed E-state index contributed by atoms with van der Waals surface area (Å²) in [4.78, 5) is 11.8. The van der Waals surface area contributed by atoms with Gasteiger partial charge in [0, 0.05) is 11.3 Å². The summed E-state index contributed by atoms with van der Waals surface area (Å²) in [6.45, 7) is 4.63. The van der Waals surface area contributed by atoms with Crippen molar-refractivity contribution in [2.45, 2.75) is 20.3 Å². The van der Waals surface area contributed by atoms with Crippen molar-refractivity contribution in [3.05, 3.63) is 59.7 Å². The predicted octanol–water partition coefficient (Wildman–Crippen LogP) is 3.94. The Morgan fingerprint density at radius 1 is 1.17 bits per heavy atom. The normalized spacial score (nSPS) is 10.5. The third kappa shape index (κ3) is 5.14. The van der Waals surface area contributed by atoms with Gasteiger partial charge < -0.3 is 10.1 Å². The van der Waals surface area contributed by atoms with Crippen LogP contribution >= 0.6 is 0 Å². The zero-order valence-corrected chi connectivity index (χ0v) is 13.4. The molecule has 5 nitrogen and oxygen atoms in total. The molecule has 0 atom stereocenters. The number of carbonyl (C=O) groups is 1. The van der Waals surface area contributed by atoms with E-state index in [1.54, 1.807) is 6.21 Å². The maximum atomic E-state index is 11.8. The van der Waals surface area contributed by atoms with Gasteiger partial charge in [-0.05, 0) is 37.1 Å². The summed E-state index contributed by atoms with van der Waals surface area (Å²) in [5.41, 5.74) is 5.02. The number of hydrazone groups is 1. The number of anilines is 1. The van der Waals surface area contributed by atoms with Crippen molar-refractivity contribution >= 4 is 17.9 Å². The number of carbonyl (C=O) groups excluding carboxylic acids is 1. The highest BCUT2D eigenvalue weighted by molar-refractivity contribution is 5.91. The largest absolute Gasteiger partial charge is 0.493 e. The number of amides is 2. The van der Waals surface area contributed by atoms with Crippen LogP contribution < -0.4 is 15.5 Å². The molecule has 2 amide bonds. The van der Waals surface area contributed by atoms with Crippen molar-refractivity contribution < 1.29 is 9.53 Å². The number of rotatable bonds is 6. The van der Waals surface area contributed by atoms with Crippen LogP contribution in [0.15, 0.2) is 53.6 Å². The number of benzene rings is 2. The van der Waals surface area contributed by atoms with Gasteiger partial charge in [0.1, 0.15) is 5.75 Å². The molecule has 2 aromatic rings. The second kappa shape index (κ2) is 8.58. The number of hydrogen-bond acceptors (Lipinski definition) is 3. The SMILES string of the molecule is CCCOc1ccccc1/C=N\NC(=O)Nc1ccccc1C. The first kappa shape index (κ1) is 16.5. The average Bonchev–Trinajstić information content (AvgIpc) is 2.56. The molecule has 5 heteroatoms. The molecule has 0 aliphatic rings. The summed E-state index contributed by atoms with van der Waals surface area (Å²) in [5.74, 6) is 0.749. The lowest BCUT2D eigenvalue weighted by molar-refractivity contribution is 0.252. The second-order valence-electron chi connectivity index (χ2n) is 5.03. The molecule has 0 fully saturated rings. The highest BCUT2D eigenvalue weighted by Crippen LogP contribution is 2.16. The molecule has 0 heterocycles. The predicted molar refractivity (Wildman–Crippen MR) is 93.2 cm³/mol. The Balaban J connectivity index is 1.94. The van der Waals surface area contributed by atoms with Crippen LogP contribution in [-0.2, 0) is 0 Å². The summed E-state index contributed by atoms with van der Waals surface area (Å²) in [5, 5.41) is 6.72. The Morgan fingerprint density at radius 3 is 2.70 bits per heavy atom. The Morgan fingerprint density at radius 2 is 1.91 bits per heavy atom. The van der Waals surface area contributed by atoms with Gasteiger partial charge in [0.25, 0.3) is 0 Å². The molecule has 0 bridgehead atoms. The third-order valence-corrected chi connectivity index (χ3v) is 3.14. The van der Waals surface area contributed by atoms with Crippen LogP contribution in [0.1, 0.15) is 24.5 Å². The molecule has 2 N–H and O–H groups in total. The molecule has 0 radical (unpaired) electrons. The topological polar surface area (TPSA) is 62.7 Å². The molecule has 120 valence electrons. The molecule has 0 spiro atoms. The molecule has 0 saturated heterocycles. The van der Waals surface area contributed by atoms with Gasteiger partial charge >= 0.3 is 6.03 Å². The van der Waals surface area contributed by atoms with Gasteiger partial charge in [-0.2, -0.15) is 5.10 Å². The van der Waals surface area contributed by atoms with E-state index < -0.39 is 0 Å². The second-order valence-corrected chi connectivity index (χ2v) is 5.03. The minimum atomic E-state index is -0.387. The first-order valence-electron chi connectivity index (χ1n) is 7.58. The Kier molecular flexibility index (Phi) is 6.17. The molecule has 2 rings (SSSR count). The number of ether oxygens (including phenoxy) is 1. The van der Waals surface area contributed by atoms with Crippen LogP contribution in [0, 0.1) is 6.92 Å². The number of nitrogens with one attached hydrogen (secondary N) is 2. The molecule has 2 aromatic carbocycles. The van der Waals surface area contributed by atoms with Gasteiger partial charge in [-0.3, -0.25) is 0 Å². The van der Waals surface area contributed by atoms with E-state index in [2.05, 4.69) is 15.8 Å². The van der Waals surface area contributed by atoms with Crippen molar-refractivity contribution in [2.24, 2.45) is 5.10 Å². The van der Waals surface area contributed by atoms with Gasteiger partial charge in [0.2, 0.25) is 0 Å². The highest BCUT2D eigenvalue weighted by atomic mass is 16.5. The zero-order valence-electron chi connectivity index (χ0n) is 13.4. The Bertz CT molecular complexity index is 683. The molecular formula is C18H21N3O2. The molecular weight excluding hydrogens is 290 g/mol. The van der Waals surface area contributed by atoms with Crippen molar-refractivity contribution in [3.63, 3.8) is 0 Å². The number of para-hydroxylation sites is 2. The summed E-state index contributed by atoms with van der Waals surface area (Å²) < 4.78 is 5.64. The van der Waals surface area contributed by atoms with Crippen LogP contribution in [0.5, 0.6) is 5.75 Å². The third-order valence-electron chi connectivity index (χ3n) is 3.14. The number of hydrogen-bond donors (Lipinski definition) is 2. The smallest absolute Gasteiger partial charge is 0.339 e. The lowest BCUT2D eigenvalue weighted by Gasteiger charge is -2.08. The van der Waals surface area contributed by atoms with Crippen LogP contribution in [0.3, 0.4) is 0 Å². The van der Waals surface area contributed by atoms with Gasteiger partial charge in [-0.15, -0.1) is 0 Å². The van der Waals surface area contributed by atoms with E-state index in [1.165, 1.54) is 0 Å². The minimum Gasteiger partial charge on any atom is -0.493 e. The van der Waals surface area contributed by atoms with Crippen molar-refractivity contribution in [3.8, 4) is 5.75 Å². The van der Waals surface area contributed by atoms with Crippen molar-refractivity contribution in [1.82, 2.24) is 5.43 Å². The van der Waals surface area contributed by atoms with Gasteiger partial charge in [0.05, 0.1) is 12.8 Å². The van der Waals surface area contributed by atoms with Crippen LogP contribution in [0.4, 0.5) is 10.5 Å². The first-order valence-corrected chi connectivity index (χ1v) is 7.58. The maximum Gasteiger partial charge on any atom is 0.339 e. The van der Waals surface area contributed by atoms with E-state index >= 15 is 0 Å². The molecule has 0 unspecified atom stereocenters. The first-order chi connectivity index (χ1) is 11.2. The van der Waals surface area contributed by atoms with E-state index in [-0.39, 0.29) is 6.03 Å². The van der Waals surface area contributed by atoms with E-state index in [1.807, 2.05) is 62.4 Å². The van der Waals surface area contributed by atoms with E-state index in [4.69, 9.17) is 4.74 Å². The van der Waals surface area contributed by atoms with Gasteiger partial charge in [0.15, 0.2) is 0 Å². The average molecular weight is 311 g/mol. The molecule has 0 aromatic heterocycles. The number of urea groups is 1. The molecule has 0 aliphatic heterocycles. The highest BCUT2D eigenvalue weighted by Gasteiger charge is 2.03. The fourth-order valence-corrected chi connectivity index (χ4v) is 1.95. The fraction of sp³-hybridized carbons (Fsp3) is 0.222. The summed E-state index contributed by atoms with van der Waals surface area (Å²) >= 11 is 0. The maximum absolute atomic E-state index is 11.8. The molecule has 23 heavy (non-hydrogen) atoms. The standard InChI is InChI=1S/C18H21N3O2/c1-3-12-23-17-11-7-5-9-15(17)13-19-21-18(22)20-16-10-6-4-8-14(16)2/h4-11,13H,3,12H2,1-2H3,(H2,20,21,22)/b19-13-. The fourth-order valence-electron chi connectivity index (χ4n) is 1.95. The van der Waals surface area contributed by atoms with E-state index in [9.17, 15) is 4.79 Å². The van der Waals surface area contributed by atoms with Gasteiger partial charge in [-0.25, -0.2) is 10.2 Å². The van der Waals surface area contributed by atoms with Gasteiger partial charge in [-0.1, -0.05) is 37.3 Å². The Labute approximate surface area is 136 Å². The monoisotopic (exact) mass is 311 g/mol.